The lowest BCUT2D eigenvalue weighted by Gasteiger charge is -2.16. The number of aryl methyl sites for hydroxylation is 1. The fourth-order valence-corrected chi connectivity index (χ4v) is 4.13. The molecule has 1 atom stereocenters. The smallest absolute Gasteiger partial charge is 0.263 e. The minimum atomic E-state index is -3.71. The molecule has 0 aliphatic heterocycles. The Labute approximate surface area is 161 Å². The molecule has 1 aromatic carbocycles. The number of hydrogen-bond donors (Lipinski definition) is 0. The van der Waals surface area contributed by atoms with Crippen LogP contribution in [0.15, 0.2) is 41.8 Å². The average Bonchev–Trinajstić information content (AvgIpc) is 2.60. The summed E-state index contributed by atoms with van der Waals surface area (Å²) in [5.74, 6) is 0. The molecule has 1 rings (SSSR count). The Hall–Kier alpha value is -1.13. The number of hydrogen-bond acceptors (Lipinski definition) is 3. The van der Waals surface area contributed by atoms with Crippen molar-refractivity contribution in [1.29, 1.82) is 0 Å². The van der Waals surface area contributed by atoms with Crippen molar-refractivity contribution in [1.82, 2.24) is 0 Å². The molecule has 4 heteroatoms. The van der Waals surface area contributed by atoms with Gasteiger partial charge in [-0.25, -0.2) is 0 Å². The Morgan fingerprint density at radius 1 is 0.962 bits per heavy atom. The second-order valence-corrected chi connectivity index (χ2v) is 8.70. The van der Waals surface area contributed by atoms with E-state index < -0.39 is 10.1 Å². The van der Waals surface area contributed by atoms with Crippen molar-refractivity contribution >= 4 is 10.1 Å². The van der Waals surface area contributed by atoms with Gasteiger partial charge in [-0.05, 0) is 31.9 Å². The molecule has 0 aliphatic carbocycles. The zero-order valence-electron chi connectivity index (χ0n) is 16.6. The van der Waals surface area contributed by atoms with Crippen molar-refractivity contribution in [2.45, 2.75) is 95.5 Å². The molecule has 0 saturated carbocycles. The first kappa shape index (κ1) is 22.9. The van der Waals surface area contributed by atoms with Crippen LogP contribution in [0, 0.1) is 6.92 Å². The van der Waals surface area contributed by atoms with Gasteiger partial charge >= 0.3 is 0 Å². The van der Waals surface area contributed by atoms with E-state index in [9.17, 15) is 8.42 Å². The van der Waals surface area contributed by atoms with E-state index in [1.807, 2.05) is 6.92 Å². The molecule has 0 saturated heterocycles. The second-order valence-electron chi connectivity index (χ2n) is 7.13. The molecule has 0 spiro atoms. The van der Waals surface area contributed by atoms with E-state index in [0.717, 1.165) is 24.8 Å². The standard InChI is InChI=1S/C22H36O3S/c1-4-6-7-8-9-10-11-12-13-15-21(14-5-2)25-26(23,24)22-18-16-20(3)17-19-22/h5,16-19,21H,2,4,6-15H2,1,3H3/t21-/m0/s1. The van der Waals surface area contributed by atoms with Gasteiger partial charge in [0.2, 0.25) is 0 Å². The zero-order chi connectivity index (χ0) is 19.3. The zero-order valence-corrected chi connectivity index (χ0v) is 17.4. The van der Waals surface area contributed by atoms with Crippen molar-refractivity contribution in [2.24, 2.45) is 0 Å². The molecular weight excluding hydrogens is 344 g/mol. The molecule has 0 N–H and O–H groups in total. The summed E-state index contributed by atoms with van der Waals surface area (Å²) in [6, 6.07) is 6.79. The lowest BCUT2D eigenvalue weighted by molar-refractivity contribution is 0.197. The highest BCUT2D eigenvalue weighted by atomic mass is 32.2. The van der Waals surface area contributed by atoms with Crippen LogP contribution in [0.5, 0.6) is 0 Å². The maximum atomic E-state index is 12.4. The van der Waals surface area contributed by atoms with Gasteiger partial charge in [-0.15, -0.1) is 6.58 Å². The summed E-state index contributed by atoms with van der Waals surface area (Å²) in [4.78, 5) is 0.226. The van der Waals surface area contributed by atoms with Crippen molar-refractivity contribution in [3.8, 4) is 0 Å². The maximum Gasteiger partial charge on any atom is 0.297 e. The van der Waals surface area contributed by atoms with E-state index in [1.165, 1.54) is 44.9 Å². The van der Waals surface area contributed by atoms with E-state index in [1.54, 1.807) is 30.3 Å². The summed E-state index contributed by atoms with van der Waals surface area (Å²) in [5, 5.41) is 0. The lowest BCUT2D eigenvalue weighted by atomic mass is 10.0. The van der Waals surface area contributed by atoms with Crippen LogP contribution in [-0.4, -0.2) is 14.5 Å². The van der Waals surface area contributed by atoms with Crippen LogP contribution < -0.4 is 0 Å². The molecule has 0 heterocycles. The average molecular weight is 381 g/mol. The molecule has 0 aromatic heterocycles. The van der Waals surface area contributed by atoms with Gasteiger partial charge in [-0.2, -0.15) is 8.42 Å². The topological polar surface area (TPSA) is 43.4 Å². The summed E-state index contributed by atoms with van der Waals surface area (Å²) in [7, 11) is -3.71. The van der Waals surface area contributed by atoms with E-state index in [4.69, 9.17) is 4.18 Å². The number of benzene rings is 1. The third-order valence-corrected chi connectivity index (χ3v) is 6.01. The van der Waals surface area contributed by atoms with Crippen LogP contribution in [0.25, 0.3) is 0 Å². The second kappa shape index (κ2) is 13.1. The highest BCUT2D eigenvalue weighted by Crippen LogP contribution is 2.20. The minimum Gasteiger partial charge on any atom is -0.263 e. The third kappa shape index (κ3) is 9.54. The number of rotatable bonds is 15. The van der Waals surface area contributed by atoms with E-state index >= 15 is 0 Å². The Morgan fingerprint density at radius 2 is 1.50 bits per heavy atom. The van der Waals surface area contributed by atoms with Crippen LogP contribution >= 0.6 is 0 Å². The Morgan fingerprint density at radius 3 is 2.04 bits per heavy atom. The summed E-state index contributed by atoms with van der Waals surface area (Å²) in [5.41, 5.74) is 1.03. The molecule has 3 nitrogen and oxygen atoms in total. The predicted molar refractivity (Wildman–Crippen MR) is 110 cm³/mol. The van der Waals surface area contributed by atoms with Gasteiger partial charge in [-0.1, -0.05) is 88.5 Å². The lowest BCUT2D eigenvalue weighted by Crippen LogP contribution is -2.18. The van der Waals surface area contributed by atoms with Gasteiger partial charge in [-0.3, -0.25) is 4.18 Å². The molecule has 0 amide bonds. The fourth-order valence-electron chi connectivity index (χ4n) is 3.01. The molecule has 0 unspecified atom stereocenters. The van der Waals surface area contributed by atoms with E-state index in [-0.39, 0.29) is 11.0 Å². The van der Waals surface area contributed by atoms with Crippen LogP contribution in [-0.2, 0) is 14.3 Å². The first-order chi connectivity index (χ1) is 12.5. The van der Waals surface area contributed by atoms with Crippen LogP contribution in [0.4, 0.5) is 0 Å². The number of unbranched alkanes of at least 4 members (excludes halogenated alkanes) is 8. The molecule has 1 aromatic rings. The van der Waals surface area contributed by atoms with Crippen molar-refractivity contribution in [2.75, 3.05) is 0 Å². The summed E-state index contributed by atoms with van der Waals surface area (Å²) >= 11 is 0. The fraction of sp³-hybridized carbons (Fsp3) is 0.636. The Balaban J connectivity index is 2.34. The predicted octanol–water partition coefficient (Wildman–Crippen LogP) is 6.57. The summed E-state index contributed by atoms with van der Waals surface area (Å²) < 4.78 is 30.3. The summed E-state index contributed by atoms with van der Waals surface area (Å²) in [6.07, 6.45) is 14.0. The highest BCUT2D eigenvalue weighted by molar-refractivity contribution is 7.86. The van der Waals surface area contributed by atoms with Gasteiger partial charge in [0, 0.05) is 0 Å². The maximum absolute atomic E-state index is 12.4. The van der Waals surface area contributed by atoms with Gasteiger partial charge < -0.3 is 0 Å². The largest absolute Gasteiger partial charge is 0.297 e. The molecule has 148 valence electrons. The Bertz CT molecular complexity index is 590. The van der Waals surface area contributed by atoms with Crippen molar-refractivity contribution < 1.29 is 12.6 Å². The monoisotopic (exact) mass is 380 g/mol. The first-order valence-corrected chi connectivity index (χ1v) is 11.5. The van der Waals surface area contributed by atoms with Crippen molar-refractivity contribution in [3.05, 3.63) is 42.5 Å². The normalized spacial score (nSPS) is 12.8. The molecule has 0 bridgehead atoms. The highest BCUT2D eigenvalue weighted by Gasteiger charge is 2.20. The molecular formula is C22H36O3S. The van der Waals surface area contributed by atoms with Crippen LogP contribution in [0.3, 0.4) is 0 Å². The van der Waals surface area contributed by atoms with Crippen molar-refractivity contribution in [3.63, 3.8) is 0 Å². The minimum absolute atomic E-state index is 0.226. The molecule has 0 radical (unpaired) electrons. The molecule has 0 fully saturated rings. The van der Waals surface area contributed by atoms with Crippen LogP contribution in [0.1, 0.15) is 83.1 Å². The Kier molecular flexibility index (Phi) is 11.5. The molecule has 0 aliphatic rings. The quantitative estimate of drug-likeness (QED) is 0.196. The van der Waals surface area contributed by atoms with Gasteiger partial charge in [0.25, 0.3) is 10.1 Å². The van der Waals surface area contributed by atoms with Gasteiger partial charge in [0.05, 0.1) is 11.0 Å². The van der Waals surface area contributed by atoms with Crippen LogP contribution in [0.2, 0.25) is 0 Å². The first-order valence-electron chi connectivity index (χ1n) is 10.1. The molecule has 26 heavy (non-hydrogen) atoms. The van der Waals surface area contributed by atoms with E-state index in [0.29, 0.717) is 6.42 Å². The third-order valence-electron chi connectivity index (χ3n) is 4.63. The van der Waals surface area contributed by atoms with E-state index in [2.05, 4.69) is 13.5 Å². The summed E-state index contributed by atoms with van der Waals surface area (Å²) in [6.45, 7) is 7.90. The SMILES string of the molecule is C=CC[C@@H](CCCCCCCCCCC)OS(=O)(=O)c1ccc(C)cc1. The van der Waals surface area contributed by atoms with Gasteiger partial charge in [0.1, 0.15) is 0 Å². The van der Waals surface area contributed by atoms with Gasteiger partial charge in [0.15, 0.2) is 0 Å².